The molecule has 192 valence electrons. The van der Waals surface area contributed by atoms with Crippen LogP contribution in [0.1, 0.15) is 40.9 Å². The van der Waals surface area contributed by atoms with Gasteiger partial charge in [-0.15, -0.1) is 0 Å². The van der Waals surface area contributed by atoms with E-state index in [-0.39, 0.29) is 28.4 Å². The van der Waals surface area contributed by atoms with Crippen molar-refractivity contribution in [2.75, 3.05) is 0 Å². The van der Waals surface area contributed by atoms with Crippen LogP contribution in [-0.2, 0) is 21.2 Å². The average Bonchev–Trinajstić information content (AvgIpc) is 3.72. The first-order chi connectivity index (χ1) is 17.7. The summed E-state index contributed by atoms with van der Waals surface area (Å²) in [5, 5.41) is 22.1. The van der Waals surface area contributed by atoms with Gasteiger partial charge in [0.1, 0.15) is 11.7 Å². The van der Waals surface area contributed by atoms with E-state index in [1.54, 1.807) is 42.5 Å². The highest BCUT2D eigenvalue weighted by molar-refractivity contribution is 7.89. The molecule has 0 unspecified atom stereocenters. The number of carbonyl (C=O) groups excluding carboxylic acids is 2. The number of hydrogen-bond donors (Lipinski definition) is 4. The highest BCUT2D eigenvalue weighted by atomic mass is 32.2. The zero-order valence-electron chi connectivity index (χ0n) is 20.0. The van der Waals surface area contributed by atoms with Gasteiger partial charge in [0.25, 0.3) is 0 Å². The van der Waals surface area contributed by atoms with E-state index in [0.717, 1.165) is 18.4 Å². The Labute approximate surface area is 216 Å². The van der Waals surface area contributed by atoms with E-state index in [4.69, 9.17) is 0 Å². The Balaban J connectivity index is 1.52. The second kappa shape index (κ2) is 11.8. The molecule has 2 atom stereocenters. The first kappa shape index (κ1) is 26.7. The lowest BCUT2D eigenvalue weighted by Gasteiger charge is -2.23. The molecule has 1 fully saturated rings. The minimum Gasteiger partial charge on any atom is -0.426 e. The van der Waals surface area contributed by atoms with Crippen LogP contribution in [0.4, 0.5) is 0 Å². The molecular weight excluding hydrogens is 493 g/mol. The van der Waals surface area contributed by atoms with Crippen molar-refractivity contribution in [3.05, 3.63) is 95.8 Å². The van der Waals surface area contributed by atoms with E-state index >= 15 is 0 Å². The van der Waals surface area contributed by atoms with Crippen molar-refractivity contribution >= 4 is 28.8 Å². The van der Waals surface area contributed by atoms with Gasteiger partial charge in [-0.3, -0.25) is 14.6 Å². The molecular formula is C26H28BN3O6S. The first-order valence-corrected chi connectivity index (χ1v) is 13.5. The molecule has 4 rings (SSSR count). The van der Waals surface area contributed by atoms with Crippen LogP contribution < -0.4 is 10.0 Å². The highest BCUT2D eigenvalue weighted by Crippen LogP contribution is 2.33. The predicted octanol–water partition coefficient (Wildman–Crippen LogP) is 1.50. The van der Waals surface area contributed by atoms with Gasteiger partial charge in [-0.05, 0) is 60.7 Å². The Kier molecular flexibility index (Phi) is 8.50. The maximum Gasteiger partial charge on any atom is 0.475 e. The normalized spacial score (nSPS) is 15.0. The quantitative estimate of drug-likeness (QED) is 0.209. The molecule has 0 bridgehead atoms. The number of aromatic nitrogens is 1. The maximum absolute atomic E-state index is 13.2. The standard InChI is InChI=1S/C26H28BN3O6S/c31-25(22-8-4-5-15-28-22)20-11-13-21(14-12-20)37(35,36)30-23(16-18-6-2-1-3-7-18)26(32)29-24(27(33)34)17-19-9-10-19/h1-8,11-15,19,23-24,30,33-34H,9-10,16-17H2,(H,29,32)/t23-,24-/m0/s1. The summed E-state index contributed by atoms with van der Waals surface area (Å²) in [6.45, 7) is 0. The van der Waals surface area contributed by atoms with Crippen LogP contribution in [0.3, 0.4) is 0 Å². The van der Waals surface area contributed by atoms with Gasteiger partial charge in [-0.1, -0.05) is 49.2 Å². The van der Waals surface area contributed by atoms with E-state index in [0.29, 0.717) is 12.3 Å². The Morgan fingerprint density at radius 3 is 2.24 bits per heavy atom. The molecule has 9 nitrogen and oxygen atoms in total. The molecule has 1 saturated carbocycles. The number of nitrogens with one attached hydrogen (secondary N) is 2. The monoisotopic (exact) mass is 521 g/mol. The summed E-state index contributed by atoms with van der Waals surface area (Å²) < 4.78 is 28.9. The lowest BCUT2D eigenvalue weighted by atomic mass is 9.76. The molecule has 37 heavy (non-hydrogen) atoms. The minimum absolute atomic E-state index is 0.0554. The largest absolute Gasteiger partial charge is 0.475 e. The van der Waals surface area contributed by atoms with Crippen LogP contribution in [0.15, 0.2) is 83.9 Å². The van der Waals surface area contributed by atoms with Crippen molar-refractivity contribution in [2.24, 2.45) is 5.92 Å². The maximum atomic E-state index is 13.2. The molecule has 1 aliphatic rings. The summed E-state index contributed by atoms with van der Waals surface area (Å²) in [7, 11) is -5.92. The van der Waals surface area contributed by atoms with Crippen molar-refractivity contribution in [3.8, 4) is 0 Å². The fourth-order valence-electron chi connectivity index (χ4n) is 3.97. The van der Waals surface area contributed by atoms with Crippen LogP contribution >= 0.6 is 0 Å². The molecule has 1 amide bonds. The number of hydrogen-bond acceptors (Lipinski definition) is 7. The molecule has 0 radical (unpaired) electrons. The average molecular weight is 521 g/mol. The summed E-state index contributed by atoms with van der Waals surface area (Å²) in [4.78, 5) is 29.7. The van der Waals surface area contributed by atoms with Gasteiger partial charge in [0, 0.05) is 11.8 Å². The van der Waals surface area contributed by atoms with E-state index in [2.05, 4.69) is 15.0 Å². The smallest absolute Gasteiger partial charge is 0.426 e. The third kappa shape index (κ3) is 7.33. The fraction of sp³-hybridized carbons (Fsp3) is 0.269. The van der Waals surface area contributed by atoms with E-state index in [9.17, 15) is 28.1 Å². The number of amides is 1. The number of ketones is 1. The summed E-state index contributed by atoms with van der Waals surface area (Å²) >= 11 is 0. The zero-order valence-corrected chi connectivity index (χ0v) is 20.8. The molecule has 1 aliphatic carbocycles. The molecule has 0 spiro atoms. The topological polar surface area (TPSA) is 146 Å². The molecule has 4 N–H and O–H groups in total. The Bertz CT molecular complexity index is 1320. The van der Waals surface area contributed by atoms with E-state index < -0.39 is 35.0 Å². The van der Waals surface area contributed by atoms with Crippen molar-refractivity contribution in [1.29, 1.82) is 0 Å². The lowest BCUT2D eigenvalue weighted by molar-refractivity contribution is -0.123. The first-order valence-electron chi connectivity index (χ1n) is 12.0. The van der Waals surface area contributed by atoms with Crippen LogP contribution in [0.25, 0.3) is 0 Å². The SMILES string of the molecule is O=C(c1ccc(S(=O)(=O)N[C@@H](Cc2ccccc2)C(=O)N[C@@H](CC2CC2)B(O)O)cc1)c1ccccn1. The second-order valence-corrected chi connectivity index (χ2v) is 10.9. The minimum atomic E-state index is -4.16. The number of rotatable bonds is 12. The Morgan fingerprint density at radius 2 is 1.65 bits per heavy atom. The number of benzene rings is 2. The fourth-order valence-corrected chi connectivity index (χ4v) is 5.17. The lowest BCUT2D eigenvalue weighted by Crippen LogP contribution is -2.54. The summed E-state index contributed by atoms with van der Waals surface area (Å²) in [6, 6.07) is 18.0. The summed E-state index contributed by atoms with van der Waals surface area (Å²) in [6.07, 6.45) is 3.87. The molecule has 3 aromatic rings. The second-order valence-electron chi connectivity index (χ2n) is 9.14. The van der Waals surface area contributed by atoms with Crippen LogP contribution in [0.5, 0.6) is 0 Å². The molecule has 0 saturated heterocycles. The third-order valence-electron chi connectivity index (χ3n) is 6.19. The number of nitrogens with zero attached hydrogens (tertiary/aromatic N) is 1. The molecule has 2 aromatic carbocycles. The molecule has 11 heteroatoms. The van der Waals surface area contributed by atoms with Gasteiger partial charge in [0.2, 0.25) is 21.7 Å². The highest BCUT2D eigenvalue weighted by Gasteiger charge is 2.35. The van der Waals surface area contributed by atoms with Crippen molar-refractivity contribution in [2.45, 2.75) is 42.6 Å². The van der Waals surface area contributed by atoms with Crippen LogP contribution in [-0.4, -0.2) is 54.2 Å². The predicted molar refractivity (Wildman–Crippen MR) is 138 cm³/mol. The van der Waals surface area contributed by atoms with Crippen molar-refractivity contribution in [1.82, 2.24) is 15.0 Å². The van der Waals surface area contributed by atoms with Gasteiger partial charge in [0.05, 0.1) is 10.8 Å². The number of carbonyl (C=O) groups is 2. The van der Waals surface area contributed by atoms with Gasteiger partial charge in [0.15, 0.2) is 0 Å². The molecule has 1 aromatic heterocycles. The third-order valence-corrected chi connectivity index (χ3v) is 7.68. The Hall–Kier alpha value is -3.38. The van der Waals surface area contributed by atoms with E-state index in [1.807, 2.05) is 6.07 Å². The van der Waals surface area contributed by atoms with Crippen molar-refractivity contribution in [3.63, 3.8) is 0 Å². The van der Waals surface area contributed by atoms with Crippen LogP contribution in [0, 0.1) is 5.92 Å². The van der Waals surface area contributed by atoms with E-state index in [1.165, 1.54) is 30.5 Å². The zero-order chi connectivity index (χ0) is 26.4. The number of sulfonamides is 1. The molecule has 1 heterocycles. The van der Waals surface area contributed by atoms with Crippen LogP contribution in [0.2, 0.25) is 0 Å². The summed E-state index contributed by atoms with van der Waals surface area (Å²) in [5.41, 5.74) is 1.24. The van der Waals surface area contributed by atoms with Gasteiger partial charge < -0.3 is 15.4 Å². The van der Waals surface area contributed by atoms with Crippen molar-refractivity contribution < 1.29 is 28.1 Å². The summed E-state index contributed by atoms with van der Waals surface area (Å²) in [5.74, 6) is -1.60. The Morgan fingerprint density at radius 1 is 0.973 bits per heavy atom. The van der Waals surface area contributed by atoms with Gasteiger partial charge in [-0.25, -0.2) is 8.42 Å². The number of pyridine rings is 1. The van der Waals surface area contributed by atoms with Gasteiger partial charge in [-0.2, -0.15) is 4.72 Å². The molecule has 0 aliphatic heterocycles. The van der Waals surface area contributed by atoms with Gasteiger partial charge >= 0.3 is 7.12 Å².